The lowest BCUT2D eigenvalue weighted by Gasteiger charge is -2.35. The number of amides is 2. The average molecular weight is 328 g/mol. The summed E-state index contributed by atoms with van der Waals surface area (Å²) in [7, 11) is 0. The van der Waals surface area contributed by atoms with E-state index in [-0.39, 0.29) is 18.4 Å². The van der Waals surface area contributed by atoms with Gasteiger partial charge in [-0.3, -0.25) is 9.59 Å². The van der Waals surface area contributed by atoms with Crippen LogP contribution in [0.25, 0.3) is 0 Å². The van der Waals surface area contributed by atoms with Gasteiger partial charge in [-0.1, -0.05) is 12.1 Å². The maximum Gasteiger partial charge on any atom is 0.254 e. The highest BCUT2D eigenvalue weighted by atomic mass is 16.2. The Labute approximate surface area is 140 Å². The highest BCUT2D eigenvalue weighted by Gasteiger charge is 2.25. The van der Waals surface area contributed by atoms with Crippen molar-refractivity contribution in [2.45, 2.75) is 20.4 Å². The van der Waals surface area contributed by atoms with Crippen molar-refractivity contribution in [3.8, 4) is 0 Å². The summed E-state index contributed by atoms with van der Waals surface area (Å²) in [5.74, 6) is -0.00934. The summed E-state index contributed by atoms with van der Waals surface area (Å²) in [6.07, 6.45) is 1.41. The number of carbonyl (C=O) groups is 2. The van der Waals surface area contributed by atoms with Gasteiger partial charge in [-0.15, -0.1) is 5.10 Å². The molecule has 24 heavy (non-hydrogen) atoms. The smallest absolute Gasteiger partial charge is 0.254 e. The third kappa shape index (κ3) is 3.27. The summed E-state index contributed by atoms with van der Waals surface area (Å²) >= 11 is 0. The van der Waals surface area contributed by atoms with E-state index < -0.39 is 0 Å². The minimum atomic E-state index is -0.0406. The fourth-order valence-corrected chi connectivity index (χ4v) is 2.80. The van der Waals surface area contributed by atoms with Crippen molar-refractivity contribution in [3.05, 3.63) is 41.2 Å². The first-order chi connectivity index (χ1) is 11.6. The topological polar surface area (TPSA) is 84.2 Å². The molecule has 0 radical (unpaired) electrons. The zero-order chi connectivity index (χ0) is 17.1. The molecule has 1 aromatic carbocycles. The number of carbonyl (C=O) groups excluding carboxylic acids is 2. The molecule has 1 aliphatic rings. The molecule has 1 aromatic heterocycles. The summed E-state index contributed by atoms with van der Waals surface area (Å²) in [4.78, 5) is 28.5. The first-order valence-electron chi connectivity index (χ1n) is 7.90. The number of hydrogen-bond acceptors (Lipinski definition) is 5. The van der Waals surface area contributed by atoms with Gasteiger partial charge in [-0.05, 0) is 41.5 Å². The number of nitrogens with zero attached hydrogens (tertiary/aromatic N) is 6. The Kier molecular flexibility index (Phi) is 4.54. The first-order valence-corrected chi connectivity index (χ1v) is 7.90. The van der Waals surface area contributed by atoms with Crippen LogP contribution in [-0.4, -0.2) is 68.0 Å². The molecule has 0 bridgehead atoms. The van der Waals surface area contributed by atoms with Crippen LogP contribution in [0.3, 0.4) is 0 Å². The van der Waals surface area contributed by atoms with E-state index in [1.165, 1.54) is 11.0 Å². The van der Waals surface area contributed by atoms with Crippen molar-refractivity contribution >= 4 is 11.8 Å². The Balaban J connectivity index is 1.59. The van der Waals surface area contributed by atoms with Crippen LogP contribution in [0.15, 0.2) is 24.5 Å². The molecule has 0 atom stereocenters. The van der Waals surface area contributed by atoms with Crippen molar-refractivity contribution < 1.29 is 9.59 Å². The Morgan fingerprint density at radius 2 is 1.79 bits per heavy atom. The van der Waals surface area contributed by atoms with Crippen molar-refractivity contribution in [1.82, 2.24) is 30.0 Å². The maximum absolute atomic E-state index is 12.7. The third-order valence-electron chi connectivity index (χ3n) is 4.44. The van der Waals surface area contributed by atoms with Crippen LogP contribution in [0.4, 0.5) is 0 Å². The predicted molar refractivity (Wildman–Crippen MR) is 86.2 cm³/mol. The Morgan fingerprint density at radius 1 is 1.08 bits per heavy atom. The maximum atomic E-state index is 12.7. The number of aromatic nitrogens is 4. The van der Waals surface area contributed by atoms with Gasteiger partial charge < -0.3 is 9.80 Å². The van der Waals surface area contributed by atoms with Gasteiger partial charge in [-0.25, -0.2) is 4.68 Å². The minimum absolute atomic E-state index is 0.0313. The van der Waals surface area contributed by atoms with Gasteiger partial charge in [0.15, 0.2) is 0 Å². The molecular weight excluding hydrogens is 308 g/mol. The molecule has 0 saturated carbocycles. The molecule has 2 amide bonds. The lowest BCUT2D eigenvalue weighted by Crippen LogP contribution is -2.51. The number of benzene rings is 1. The molecule has 1 saturated heterocycles. The molecule has 0 unspecified atom stereocenters. The second-order valence-electron chi connectivity index (χ2n) is 5.93. The first kappa shape index (κ1) is 16.1. The van der Waals surface area contributed by atoms with Gasteiger partial charge in [0.25, 0.3) is 5.91 Å². The molecule has 2 aromatic rings. The van der Waals surface area contributed by atoms with Crippen LogP contribution in [0.5, 0.6) is 0 Å². The molecule has 0 aliphatic carbocycles. The van der Waals surface area contributed by atoms with E-state index >= 15 is 0 Å². The van der Waals surface area contributed by atoms with Gasteiger partial charge in [0.05, 0.1) is 0 Å². The zero-order valence-electron chi connectivity index (χ0n) is 13.8. The van der Waals surface area contributed by atoms with E-state index in [1.807, 2.05) is 36.9 Å². The fourth-order valence-electron chi connectivity index (χ4n) is 2.80. The molecule has 8 heteroatoms. The lowest BCUT2D eigenvalue weighted by atomic mass is 10.0. The van der Waals surface area contributed by atoms with Crippen LogP contribution in [0.2, 0.25) is 0 Å². The van der Waals surface area contributed by atoms with Crippen molar-refractivity contribution in [1.29, 1.82) is 0 Å². The fraction of sp³-hybridized carbons (Fsp3) is 0.438. The van der Waals surface area contributed by atoms with Crippen molar-refractivity contribution in [2.24, 2.45) is 0 Å². The number of piperazine rings is 1. The highest BCUT2D eigenvalue weighted by Crippen LogP contribution is 2.16. The van der Waals surface area contributed by atoms with Crippen LogP contribution in [0.1, 0.15) is 21.5 Å². The monoisotopic (exact) mass is 328 g/mol. The number of hydrogen-bond donors (Lipinski definition) is 0. The second-order valence-corrected chi connectivity index (χ2v) is 5.93. The van der Waals surface area contributed by atoms with E-state index in [1.54, 1.807) is 4.90 Å². The van der Waals surface area contributed by atoms with Gasteiger partial charge in [0.1, 0.15) is 12.9 Å². The highest BCUT2D eigenvalue weighted by molar-refractivity contribution is 5.96. The van der Waals surface area contributed by atoms with Crippen molar-refractivity contribution in [3.63, 3.8) is 0 Å². The average Bonchev–Trinajstić information content (AvgIpc) is 3.10. The van der Waals surface area contributed by atoms with Gasteiger partial charge in [0.2, 0.25) is 5.91 Å². The summed E-state index contributed by atoms with van der Waals surface area (Å²) < 4.78 is 1.40. The normalized spacial score (nSPS) is 14.8. The van der Waals surface area contributed by atoms with E-state index in [0.717, 1.165) is 16.7 Å². The third-order valence-corrected chi connectivity index (χ3v) is 4.44. The molecule has 126 valence electrons. The quantitative estimate of drug-likeness (QED) is 0.808. The van der Waals surface area contributed by atoms with Gasteiger partial charge >= 0.3 is 0 Å². The zero-order valence-corrected chi connectivity index (χ0v) is 13.8. The summed E-state index contributed by atoms with van der Waals surface area (Å²) in [5.41, 5.74) is 2.86. The lowest BCUT2D eigenvalue weighted by molar-refractivity contribution is -0.133. The van der Waals surface area contributed by atoms with E-state index in [2.05, 4.69) is 15.5 Å². The van der Waals surface area contributed by atoms with Gasteiger partial charge in [-0.2, -0.15) is 0 Å². The minimum Gasteiger partial charge on any atom is -0.338 e. The van der Waals surface area contributed by atoms with Crippen LogP contribution in [0, 0.1) is 13.8 Å². The molecule has 0 N–H and O–H groups in total. The largest absolute Gasteiger partial charge is 0.338 e. The molecule has 3 rings (SSSR count). The van der Waals surface area contributed by atoms with Gasteiger partial charge in [0, 0.05) is 31.7 Å². The molecule has 0 spiro atoms. The van der Waals surface area contributed by atoms with E-state index in [4.69, 9.17) is 0 Å². The Bertz CT molecular complexity index is 735. The number of aryl methyl sites for hydroxylation is 1. The van der Waals surface area contributed by atoms with E-state index in [9.17, 15) is 9.59 Å². The molecule has 1 aliphatic heterocycles. The van der Waals surface area contributed by atoms with E-state index in [0.29, 0.717) is 26.2 Å². The summed E-state index contributed by atoms with van der Waals surface area (Å²) in [5, 5.41) is 10.7. The standard InChI is InChI=1S/C16H20N6O2/c1-12-4-3-5-14(13(12)2)16(24)21-8-6-20(7-9-21)15(23)10-22-11-17-18-19-22/h3-5,11H,6-10H2,1-2H3. The molecular formula is C16H20N6O2. The van der Waals surface area contributed by atoms with Crippen LogP contribution < -0.4 is 0 Å². The SMILES string of the molecule is Cc1cccc(C(=O)N2CCN(C(=O)Cn3cnnn3)CC2)c1C. The summed E-state index contributed by atoms with van der Waals surface area (Å²) in [6.45, 7) is 6.21. The molecule has 2 heterocycles. The Morgan fingerprint density at radius 3 is 2.46 bits per heavy atom. The number of rotatable bonds is 3. The summed E-state index contributed by atoms with van der Waals surface area (Å²) in [6, 6.07) is 5.77. The van der Waals surface area contributed by atoms with Crippen LogP contribution in [-0.2, 0) is 11.3 Å². The molecule has 1 fully saturated rings. The second kappa shape index (κ2) is 6.77. The predicted octanol–water partition coefficient (Wildman–Crippen LogP) is 0.275. The van der Waals surface area contributed by atoms with Crippen molar-refractivity contribution in [2.75, 3.05) is 26.2 Å². The van der Waals surface area contributed by atoms with Crippen LogP contribution >= 0.6 is 0 Å². The Hall–Kier alpha value is -2.77. The molecule has 8 nitrogen and oxygen atoms in total. The number of tetrazole rings is 1.